The Labute approximate surface area is 182 Å². The molecule has 1 N–H and O–H groups in total. The van der Waals surface area contributed by atoms with Gasteiger partial charge in [0.1, 0.15) is 6.61 Å². The minimum atomic E-state index is -0.269. The fourth-order valence-electron chi connectivity index (χ4n) is 2.98. The molecule has 0 unspecified atom stereocenters. The van der Waals surface area contributed by atoms with Crippen molar-refractivity contribution in [2.45, 2.75) is 20.5 Å². The highest BCUT2D eigenvalue weighted by Crippen LogP contribution is 2.29. The summed E-state index contributed by atoms with van der Waals surface area (Å²) in [4.78, 5) is 23.5. The highest BCUT2D eigenvalue weighted by atomic mass is 16.5. The van der Waals surface area contributed by atoms with Crippen LogP contribution >= 0.6 is 0 Å². The number of amides is 1. The van der Waals surface area contributed by atoms with Crippen molar-refractivity contribution in [3.63, 3.8) is 0 Å². The number of rotatable bonds is 8. The number of ether oxygens (including phenoxy) is 2. The quantitative estimate of drug-likeness (QED) is 0.393. The molecule has 0 aliphatic heterocycles. The molecule has 0 saturated heterocycles. The molecule has 31 heavy (non-hydrogen) atoms. The number of Topliss-reactive ketones (excluding diaryl/α,β-unsaturated/α-hetero) is 1. The molecule has 0 spiro atoms. The molecule has 0 bridgehead atoms. The second-order valence-electron chi connectivity index (χ2n) is 7.08. The van der Waals surface area contributed by atoms with Crippen LogP contribution < -0.4 is 14.8 Å². The molecule has 158 valence electrons. The smallest absolute Gasteiger partial charge is 0.248 e. The summed E-state index contributed by atoms with van der Waals surface area (Å²) in [7, 11) is 1.58. The number of methoxy groups -OCH3 is 1. The van der Waals surface area contributed by atoms with Crippen LogP contribution in [0.2, 0.25) is 0 Å². The van der Waals surface area contributed by atoms with Gasteiger partial charge in [0.2, 0.25) is 5.91 Å². The number of hydrogen-bond donors (Lipinski definition) is 1. The highest BCUT2D eigenvalue weighted by Gasteiger charge is 2.07. The van der Waals surface area contributed by atoms with Crippen molar-refractivity contribution in [3.8, 4) is 11.5 Å². The maximum atomic E-state index is 12.2. The van der Waals surface area contributed by atoms with Crippen LogP contribution in [-0.4, -0.2) is 18.8 Å². The lowest BCUT2D eigenvalue weighted by atomic mass is 10.1. The Morgan fingerprint density at radius 3 is 2.39 bits per heavy atom. The molecule has 0 fully saturated rings. The van der Waals surface area contributed by atoms with Gasteiger partial charge < -0.3 is 14.8 Å². The third-order valence-corrected chi connectivity index (χ3v) is 4.82. The van der Waals surface area contributed by atoms with Crippen LogP contribution in [0.15, 0.2) is 72.8 Å². The summed E-state index contributed by atoms with van der Waals surface area (Å²) in [5.74, 6) is 0.946. The Kier molecular flexibility index (Phi) is 7.22. The second-order valence-corrected chi connectivity index (χ2v) is 7.08. The molecule has 3 aromatic rings. The van der Waals surface area contributed by atoms with E-state index < -0.39 is 0 Å². The fraction of sp³-hybridized carbons (Fsp3) is 0.154. The SMILES string of the molecule is COc1cc(/C=C/C(=O)Nc2ccc(C(C)=O)cc2)ccc1OCc1ccccc1C. The van der Waals surface area contributed by atoms with Gasteiger partial charge in [0, 0.05) is 17.3 Å². The average molecular weight is 415 g/mol. The second kappa shape index (κ2) is 10.3. The molecule has 0 aromatic heterocycles. The number of hydrogen-bond acceptors (Lipinski definition) is 4. The van der Waals surface area contributed by atoms with E-state index in [9.17, 15) is 9.59 Å². The zero-order valence-electron chi connectivity index (χ0n) is 17.8. The molecule has 5 heteroatoms. The number of benzene rings is 3. The molecule has 3 rings (SSSR count). The van der Waals surface area contributed by atoms with Crippen molar-refractivity contribution in [2.75, 3.05) is 12.4 Å². The van der Waals surface area contributed by atoms with Crippen molar-refractivity contribution in [1.29, 1.82) is 0 Å². The molecule has 0 aliphatic carbocycles. The van der Waals surface area contributed by atoms with Gasteiger partial charge in [-0.1, -0.05) is 30.3 Å². The average Bonchev–Trinajstić information content (AvgIpc) is 2.77. The lowest BCUT2D eigenvalue weighted by Gasteiger charge is -2.12. The van der Waals surface area contributed by atoms with Crippen molar-refractivity contribution in [1.82, 2.24) is 0 Å². The normalized spacial score (nSPS) is 10.7. The summed E-state index contributed by atoms with van der Waals surface area (Å²) in [6, 6.07) is 20.3. The summed E-state index contributed by atoms with van der Waals surface area (Å²) < 4.78 is 11.4. The van der Waals surface area contributed by atoms with E-state index in [1.807, 2.05) is 49.4 Å². The van der Waals surface area contributed by atoms with Gasteiger partial charge in [-0.25, -0.2) is 0 Å². The zero-order valence-corrected chi connectivity index (χ0v) is 17.8. The Morgan fingerprint density at radius 1 is 0.968 bits per heavy atom. The van der Waals surface area contributed by atoms with Crippen LogP contribution in [-0.2, 0) is 11.4 Å². The Bertz CT molecular complexity index is 1100. The van der Waals surface area contributed by atoms with E-state index in [0.29, 0.717) is 29.4 Å². The Balaban J connectivity index is 1.63. The number of anilines is 1. The monoisotopic (exact) mass is 415 g/mol. The zero-order chi connectivity index (χ0) is 22.2. The first-order chi connectivity index (χ1) is 15.0. The van der Waals surface area contributed by atoms with Crippen LogP contribution in [0.5, 0.6) is 11.5 Å². The minimum absolute atomic E-state index is 0.0157. The van der Waals surface area contributed by atoms with Gasteiger partial charge in [0.25, 0.3) is 0 Å². The third kappa shape index (κ3) is 6.06. The van der Waals surface area contributed by atoms with Crippen molar-refractivity contribution < 1.29 is 19.1 Å². The number of carbonyl (C=O) groups excluding carboxylic acids is 2. The molecule has 0 aliphatic rings. The maximum absolute atomic E-state index is 12.2. The summed E-state index contributed by atoms with van der Waals surface area (Å²) >= 11 is 0. The Morgan fingerprint density at radius 2 is 1.71 bits per heavy atom. The summed E-state index contributed by atoms with van der Waals surface area (Å²) in [5.41, 5.74) is 4.31. The van der Waals surface area contributed by atoms with Gasteiger partial charge in [-0.05, 0) is 73.0 Å². The van der Waals surface area contributed by atoms with E-state index in [4.69, 9.17) is 9.47 Å². The number of aryl methyl sites for hydroxylation is 1. The van der Waals surface area contributed by atoms with E-state index in [0.717, 1.165) is 11.1 Å². The number of carbonyl (C=O) groups is 2. The molecule has 0 heterocycles. The highest BCUT2D eigenvalue weighted by molar-refractivity contribution is 6.02. The first-order valence-electron chi connectivity index (χ1n) is 9.91. The first-order valence-corrected chi connectivity index (χ1v) is 9.91. The molecule has 0 atom stereocenters. The van der Waals surface area contributed by atoms with Crippen LogP contribution in [0.25, 0.3) is 6.08 Å². The summed E-state index contributed by atoms with van der Waals surface area (Å²) in [5, 5.41) is 2.77. The van der Waals surface area contributed by atoms with Crippen molar-refractivity contribution >= 4 is 23.5 Å². The molecular formula is C26H25NO4. The summed E-state index contributed by atoms with van der Waals surface area (Å²) in [6.45, 7) is 4.00. The van der Waals surface area contributed by atoms with E-state index in [2.05, 4.69) is 5.32 Å². The lowest BCUT2D eigenvalue weighted by molar-refractivity contribution is -0.111. The largest absolute Gasteiger partial charge is 0.493 e. The molecule has 5 nitrogen and oxygen atoms in total. The van der Waals surface area contributed by atoms with Gasteiger partial charge in [-0.3, -0.25) is 9.59 Å². The molecule has 1 amide bonds. The number of ketones is 1. The van der Waals surface area contributed by atoms with E-state index >= 15 is 0 Å². The molecule has 0 saturated carbocycles. The van der Waals surface area contributed by atoms with Crippen LogP contribution in [0.4, 0.5) is 5.69 Å². The van der Waals surface area contributed by atoms with Gasteiger partial charge >= 0.3 is 0 Å². The van der Waals surface area contributed by atoms with Crippen molar-refractivity contribution in [3.05, 3.63) is 95.1 Å². The van der Waals surface area contributed by atoms with Crippen molar-refractivity contribution in [2.24, 2.45) is 0 Å². The van der Waals surface area contributed by atoms with Gasteiger partial charge in [-0.15, -0.1) is 0 Å². The number of nitrogens with one attached hydrogen (secondary N) is 1. The third-order valence-electron chi connectivity index (χ3n) is 4.82. The molecular weight excluding hydrogens is 390 g/mol. The van der Waals surface area contributed by atoms with Crippen LogP contribution in [0.1, 0.15) is 34.0 Å². The lowest BCUT2D eigenvalue weighted by Crippen LogP contribution is -2.07. The van der Waals surface area contributed by atoms with Crippen LogP contribution in [0.3, 0.4) is 0 Å². The van der Waals surface area contributed by atoms with E-state index in [1.54, 1.807) is 37.5 Å². The van der Waals surface area contributed by atoms with Gasteiger partial charge in [-0.2, -0.15) is 0 Å². The standard InChI is InChI=1S/C26H25NO4/c1-18-6-4-5-7-22(18)17-31-24-14-8-20(16-25(24)30-3)9-15-26(29)27-23-12-10-21(11-13-23)19(2)28/h4-16H,17H2,1-3H3,(H,27,29)/b15-9+. The topological polar surface area (TPSA) is 64.6 Å². The predicted octanol–water partition coefficient (Wildman–Crippen LogP) is 5.44. The predicted molar refractivity (Wildman–Crippen MR) is 123 cm³/mol. The molecule has 0 radical (unpaired) electrons. The van der Waals surface area contributed by atoms with Gasteiger partial charge in [0.05, 0.1) is 7.11 Å². The first kappa shape index (κ1) is 21.8. The van der Waals surface area contributed by atoms with E-state index in [1.165, 1.54) is 18.6 Å². The summed E-state index contributed by atoms with van der Waals surface area (Å²) in [6.07, 6.45) is 3.15. The van der Waals surface area contributed by atoms with Gasteiger partial charge in [0.15, 0.2) is 17.3 Å². The fourth-order valence-corrected chi connectivity index (χ4v) is 2.98. The van der Waals surface area contributed by atoms with Crippen LogP contribution in [0, 0.1) is 6.92 Å². The maximum Gasteiger partial charge on any atom is 0.248 e. The molecule has 3 aromatic carbocycles. The Hall–Kier alpha value is -3.86. The minimum Gasteiger partial charge on any atom is -0.493 e. The van der Waals surface area contributed by atoms with E-state index in [-0.39, 0.29) is 11.7 Å².